The van der Waals surface area contributed by atoms with Gasteiger partial charge in [-0.15, -0.1) is 0 Å². The monoisotopic (exact) mass is 367 g/mol. The fourth-order valence-corrected chi connectivity index (χ4v) is 2.40. The van der Waals surface area contributed by atoms with Crippen molar-refractivity contribution < 1.29 is 23.9 Å². The molecule has 0 saturated carbocycles. The second kappa shape index (κ2) is 8.48. The molecule has 8 nitrogen and oxygen atoms in total. The van der Waals surface area contributed by atoms with E-state index in [1.165, 1.54) is 30.5 Å². The van der Waals surface area contributed by atoms with E-state index in [0.717, 1.165) is 0 Å². The van der Waals surface area contributed by atoms with Crippen LogP contribution in [0.15, 0.2) is 30.1 Å². The van der Waals surface area contributed by atoms with Gasteiger partial charge in [0.25, 0.3) is 0 Å². The molecule has 1 aliphatic heterocycles. The summed E-state index contributed by atoms with van der Waals surface area (Å²) in [6.45, 7) is 2.58. The minimum Gasteiger partial charge on any atom is -0.462 e. The summed E-state index contributed by atoms with van der Waals surface area (Å²) in [6, 6.07) is 2.93. The van der Waals surface area contributed by atoms with Crippen molar-refractivity contribution in [2.75, 3.05) is 26.8 Å². The lowest BCUT2D eigenvalue weighted by atomic mass is 10.1. The van der Waals surface area contributed by atoms with Crippen LogP contribution >= 0.6 is 11.6 Å². The predicted molar refractivity (Wildman–Crippen MR) is 89.2 cm³/mol. The molecular formula is C16H18ClN3O5. The highest BCUT2D eigenvalue weighted by Crippen LogP contribution is 2.17. The zero-order valence-electron chi connectivity index (χ0n) is 13.8. The number of hydrogen-bond donors (Lipinski definition) is 1. The van der Waals surface area contributed by atoms with Gasteiger partial charge in [0, 0.05) is 25.5 Å². The Bertz CT molecular complexity index is 701. The highest BCUT2D eigenvalue weighted by Gasteiger charge is 2.31. The van der Waals surface area contributed by atoms with Crippen molar-refractivity contribution in [3.05, 3.63) is 40.8 Å². The van der Waals surface area contributed by atoms with E-state index in [0.29, 0.717) is 13.1 Å². The van der Waals surface area contributed by atoms with Crippen molar-refractivity contribution in [2.24, 2.45) is 0 Å². The van der Waals surface area contributed by atoms with Gasteiger partial charge in [-0.05, 0) is 19.1 Å². The standard InChI is InChI=1S/C16H18ClN3O5/c1-3-25-15(22)12(13(21)11-5-4-6-18-14(11)17)7-19-10-8-20(9-10)16(23)24-2/h4-7,10,19H,3,8-9H2,1-2H3. The highest BCUT2D eigenvalue weighted by atomic mass is 35.5. The Morgan fingerprint density at radius 3 is 2.76 bits per heavy atom. The molecule has 0 aromatic carbocycles. The molecule has 0 aliphatic carbocycles. The fraction of sp³-hybridized carbons (Fsp3) is 0.375. The van der Waals surface area contributed by atoms with Crippen LogP contribution in [0.25, 0.3) is 0 Å². The Morgan fingerprint density at radius 2 is 2.16 bits per heavy atom. The van der Waals surface area contributed by atoms with Gasteiger partial charge in [0.15, 0.2) is 0 Å². The number of ether oxygens (including phenoxy) is 2. The minimum absolute atomic E-state index is 0.00297. The Morgan fingerprint density at radius 1 is 1.44 bits per heavy atom. The summed E-state index contributed by atoms with van der Waals surface area (Å²) in [6.07, 6.45) is 2.31. The topological polar surface area (TPSA) is 97.8 Å². The lowest BCUT2D eigenvalue weighted by Crippen LogP contribution is -2.58. The zero-order chi connectivity index (χ0) is 18.4. The van der Waals surface area contributed by atoms with Crippen molar-refractivity contribution in [1.82, 2.24) is 15.2 Å². The maximum absolute atomic E-state index is 12.6. The summed E-state index contributed by atoms with van der Waals surface area (Å²) in [5.74, 6) is -1.35. The third-order valence-electron chi connectivity index (χ3n) is 3.52. The molecule has 0 unspecified atom stereocenters. The molecule has 0 bridgehead atoms. The first-order valence-corrected chi connectivity index (χ1v) is 7.97. The highest BCUT2D eigenvalue weighted by molar-refractivity contribution is 6.35. The lowest BCUT2D eigenvalue weighted by Gasteiger charge is -2.38. The van der Waals surface area contributed by atoms with Crippen LogP contribution in [-0.4, -0.2) is 60.6 Å². The van der Waals surface area contributed by atoms with Gasteiger partial charge in [0.2, 0.25) is 5.78 Å². The summed E-state index contributed by atoms with van der Waals surface area (Å²) in [5.41, 5.74) is -0.0802. The number of likely N-dealkylation sites (tertiary alicyclic amines) is 1. The van der Waals surface area contributed by atoms with E-state index in [-0.39, 0.29) is 28.9 Å². The number of halogens is 1. The van der Waals surface area contributed by atoms with Crippen LogP contribution in [0.3, 0.4) is 0 Å². The average molecular weight is 368 g/mol. The maximum atomic E-state index is 12.6. The van der Waals surface area contributed by atoms with E-state index in [4.69, 9.17) is 16.3 Å². The molecule has 0 spiro atoms. The van der Waals surface area contributed by atoms with Crippen molar-refractivity contribution in [3.63, 3.8) is 0 Å². The quantitative estimate of drug-likeness (QED) is 0.203. The Hall–Kier alpha value is -2.61. The molecule has 2 heterocycles. The SMILES string of the molecule is CCOC(=O)C(=CNC1CN(C(=O)OC)C1)C(=O)c1cccnc1Cl. The van der Waals surface area contributed by atoms with E-state index in [9.17, 15) is 14.4 Å². The Labute approximate surface area is 149 Å². The third kappa shape index (κ3) is 4.48. The second-order valence-corrected chi connectivity index (χ2v) is 5.55. The first kappa shape index (κ1) is 18.7. The molecule has 1 saturated heterocycles. The average Bonchev–Trinajstić information content (AvgIpc) is 2.56. The first-order chi connectivity index (χ1) is 12.0. The molecule has 1 fully saturated rings. The molecule has 2 rings (SSSR count). The van der Waals surface area contributed by atoms with Crippen molar-refractivity contribution >= 4 is 29.4 Å². The molecule has 25 heavy (non-hydrogen) atoms. The number of aromatic nitrogens is 1. The fourth-order valence-electron chi connectivity index (χ4n) is 2.19. The number of rotatable bonds is 6. The summed E-state index contributed by atoms with van der Waals surface area (Å²) in [4.78, 5) is 41.3. The number of ketones is 1. The van der Waals surface area contributed by atoms with Gasteiger partial charge >= 0.3 is 12.1 Å². The normalized spacial score (nSPS) is 14.5. The maximum Gasteiger partial charge on any atom is 0.409 e. The molecule has 1 aliphatic rings. The van der Waals surface area contributed by atoms with Crippen LogP contribution in [0.1, 0.15) is 17.3 Å². The van der Waals surface area contributed by atoms with Gasteiger partial charge in [-0.2, -0.15) is 0 Å². The molecule has 1 aromatic heterocycles. The van der Waals surface area contributed by atoms with Crippen LogP contribution in [0, 0.1) is 0 Å². The number of pyridine rings is 1. The van der Waals surface area contributed by atoms with E-state index in [2.05, 4.69) is 15.0 Å². The molecular weight excluding hydrogens is 350 g/mol. The summed E-state index contributed by atoms with van der Waals surface area (Å²) in [5, 5.41) is 2.94. The van der Waals surface area contributed by atoms with Crippen LogP contribution in [0.4, 0.5) is 4.79 Å². The van der Waals surface area contributed by atoms with Gasteiger partial charge < -0.3 is 19.7 Å². The number of methoxy groups -OCH3 is 1. The zero-order valence-corrected chi connectivity index (χ0v) is 14.6. The van der Waals surface area contributed by atoms with Crippen LogP contribution in [0.2, 0.25) is 5.15 Å². The van der Waals surface area contributed by atoms with E-state index in [1.807, 2.05) is 0 Å². The van der Waals surface area contributed by atoms with Gasteiger partial charge in [-0.3, -0.25) is 4.79 Å². The molecule has 1 amide bonds. The van der Waals surface area contributed by atoms with Crippen molar-refractivity contribution in [2.45, 2.75) is 13.0 Å². The van der Waals surface area contributed by atoms with Gasteiger partial charge in [0.1, 0.15) is 10.7 Å². The Balaban J connectivity index is 2.11. The van der Waals surface area contributed by atoms with E-state index < -0.39 is 17.8 Å². The number of esters is 1. The van der Waals surface area contributed by atoms with Crippen LogP contribution in [-0.2, 0) is 14.3 Å². The number of hydrogen-bond acceptors (Lipinski definition) is 7. The molecule has 1 aromatic rings. The molecule has 1 N–H and O–H groups in total. The van der Waals surface area contributed by atoms with Crippen LogP contribution in [0.5, 0.6) is 0 Å². The summed E-state index contributed by atoms with van der Waals surface area (Å²) in [7, 11) is 1.30. The van der Waals surface area contributed by atoms with E-state index in [1.54, 1.807) is 13.0 Å². The number of nitrogens with one attached hydrogen (secondary N) is 1. The smallest absolute Gasteiger partial charge is 0.409 e. The summed E-state index contributed by atoms with van der Waals surface area (Å²) >= 11 is 5.93. The molecule has 0 radical (unpaired) electrons. The summed E-state index contributed by atoms with van der Waals surface area (Å²) < 4.78 is 9.53. The van der Waals surface area contributed by atoms with Gasteiger partial charge in [-0.1, -0.05) is 11.6 Å². The molecule has 0 atom stereocenters. The number of amides is 1. The van der Waals surface area contributed by atoms with E-state index >= 15 is 0 Å². The van der Waals surface area contributed by atoms with Crippen LogP contribution < -0.4 is 5.32 Å². The largest absolute Gasteiger partial charge is 0.462 e. The lowest BCUT2D eigenvalue weighted by molar-refractivity contribution is -0.138. The molecule has 9 heteroatoms. The predicted octanol–water partition coefficient (Wildman–Crippen LogP) is 1.40. The van der Waals surface area contributed by atoms with Gasteiger partial charge in [0.05, 0.1) is 25.3 Å². The molecule has 134 valence electrons. The third-order valence-corrected chi connectivity index (χ3v) is 3.82. The minimum atomic E-state index is -0.760. The number of carbonyl (C=O) groups is 3. The first-order valence-electron chi connectivity index (χ1n) is 7.59. The van der Waals surface area contributed by atoms with Crippen molar-refractivity contribution in [1.29, 1.82) is 0 Å². The number of carbonyl (C=O) groups excluding carboxylic acids is 3. The van der Waals surface area contributed by atoms with Gasteiger partial charge in [-0.25, -0.2) is 14.6 Å². The second-order valence-electron chi connectivity index (χ2n) is 5.19. The Kier molecular flexibility index (Phi) is 6.35. The number of Topliss-reactive ketones (excluding diaryl/α,β-unsaturated/α-hetero) is 1. The number of nitrogens with zero attached hydrogens (tertiary/aromatic N) is 2. The van der Waals surface area contributed by atoms with Crippen molar-refractivity contribution in [3.8, 4) is 0 Å².